The normalized spacial score (nSPS) is 16.3. The van der Waals surface area contributed by atoms with Crippen molar-refractivity contribution < 1.29 is 14.4 Å². The van der Waals surface area contributed by atoms with Gasteiger partial charge in [0.1, 0.15) is 11.6 Å². The molecule has 1 aromatic rings. The second-order valence-electron chi connectivity index (χ2n) is 5.13. The second-order valence-corrected chi connectivity index (χ2v) is 6.05. The van der Waals surface area contributed by atoms with Crippen molar-refractivity contribution in [1.82, 2.24) is 4.90 Å². The quantitative estimate of drug-likeness (QED) is 0.215. The highest BCUT2D eigenvalue weighted by molar-refractivity contribution is 9.10. The summed E-state index contributed by atoms with van der Waals surface area (Å²) in [5, 5.41) is 3.61. The van der Waals surface area contributed by atoms with Crippen LogP contribution in [0.3, 0.4) is 0 Å². The molecule has 6 nitrogen and oxygen atoms in total. The van der Waals surface area contributed by atoms with Gasteiger partial charge in [0.2, 0.25) is 0 Å². The number of carbonyl (C=O) groups is 1. The van der Waals surface area contributed by atoms with Crippen molar-refractivity contribution >= 4 is 27.9 Å². The Balaban J connectivity index is 1.70. The summed E-state index contributed by atoms with van der Waals surface area (Å²) in [5.74, 6) is 0.675. The number of hydrogen-bond acceptors (Lipinski definition) is 5. The van der Waals surface area contributed by atoms with Crippen molar-refractivity contribution in [3.8, 4) is 5.75 Å². The lowest BCUT2D eigenvalue weighted by atomic mass is 10.1. The predicted octanol–water partition coefficient (Wildman–Crippen LogP) is 3.11. The highest BCUT2D eigenvalue weighted by Gasteiger charge is 2.11. The van der Waals surface area contributed by atoms with Gasteiger partial charge >= 0.3 is 6.16 Å². The number of oxime groups is 1. The molecule has 1 aliphatic rings. The molecule has 7 heteroatoms. The first-order valence-electron chi connectivity index (χ1n) is 7.32. The average Bonchev–Trinajstić information content (AvgIpc) is 2.54. The maximum absolute atomic E-state index is 11.5. The van der Waals surface area contributed by atoms with Crippen LogP contribution in [0, 0.1) is 0 Å². The lowest BCUT2D eigenvalue weighted by molar-refractivity contribution is 0.102. The van der Waals surface area contributed by atoms with Gasteiger partial charge in [-0.1, -0.05) is 27.5 Å². The van der Waals surface area contributed by atoms with Gasteiger partial charge in [0.15, 0.2) is 0 Å². The summed E-state index contributed by atoms with van der Waals surface area (Å²) in [6, 6.07) is 6.82. The molecule has 0 saturated carbocycles. The molecule has 1 fully saturated rings. The molecule has 1 saturated heterocycles. The van der Waals surface area contributed by atoms with Crippen LogP contribution in [-0.4, -0.2) is 36.5 Å². The van der Waals surface area contributed by atoms with E-state index in [2.05, 4.69) is 30.8 Å². The third-order valence-corrected chi connectivity index (χ3v) is 3.91. The van der Waals surface area contributed by atoms with Gasteiger partial charge in [-0.05, 0) is 50.2 Å². The van der Waals surface area contributed by atoms with Gasteiger partial charge in [-0.15, -0.1) is 0 Å². The highest BCUT2D eigenvalue weighted by Crippen LogP contribution is 2.16. The van der Waals surface area contributed by atoms with E-state index in [0.717, 1.165) is 24.1 Å². The Kier molecular flexibility index (Phi) is 6.67. The van der Waals surface area contributed by atoms with Gasteiger partial charge in [0.05, 0.1) is 0 Å². The van der Waals surface area contributed by atoms with Gasteiger partial charge < -0.3 is 15.4 Å². The molecule has 1 heterocycles. The van der Waals surface area contributed by atoms with Crippen LogP contribution in [0.15, 0.2) is 33.9 Å². The molecule has 1 aromatic carbocycles. The Morgan fingerprint density at radius 2 is 1.91 bits per heavy atom. The third kappa shape index (κ3) is 6.03. The van der Waals surface area contributed by atoms with Gasteiger partial charge in [-0.3, -0.25) is 4.84 Å². The Bertz CT molecular complexity index is 513. The third-order valence-electron chi connectivity index (χ3n) is 3.39. The van der Waals surface area contributed by atoms with Gasteiger partial charge in [0, 0.05) is 17.4 Å². The molecule has 2 N–H and O–H groups in total. The Hall–Kier alpha value is -1.60. The topological polar surface area (TPSA) is 77.1 Å². The van der Waals surface area contributed by atoms with Crippen molar-refractivity contribution in [2.45, 2.75) is 25.7 Å². The zero-order valence-corrected chi connectivity index (χ0v) is 13.9. The molecular weight excluding hydrogens is 350 g/mol. The highest BCUT2D eigenvalue weighted by atomic mass is 79.9. The number of benzene rings is 1. The monoisotopic (exact) mass is 369 g/mol. The van der Waals surface area contributed by atoms with E-state index in [9.17, 15) is 4.79 Å². The fourth-order valence-electron chi connectivity index (χ4n) is 2.21. The second kappa shape index (κ2) is 8.75. The average molecular weight is 370 g/mol. The SMILES string of the molecule is NC(CCN1CCCCC1)=NOC(=O)Oc1ccc(Br)cc1. The fourth-order valence-corrected chi connectivity index (χ4v) is 2.48. The molecule has 0 bridgehead atoms. The van der Waals surface area contributed by atoms with Crippen LogP contribution in [0.1, 0.15) is 25.7 Å². The van der Waals surface area contributed by atoms with Crippen molar-refractivity contribution in [1.29, 1.82) is 0 Å². The number of ether oxygens (including phenoxy) is 1. The molecule has 1 aliphatic heterocycles. The molecule has 2 rings (SSSR count). The molecule has 0 spiro atoms. The van der Waals surface area contributed by atoms with Crippen LogP contribution in [-0.2, 0) is 4.84 Å². The number of halogens is 1. The van der Waals surface area contributed by atoms with E-state index >= 15 is 0 Å². The summed E-state index contributed by atoms with van der Waals surface area (Å²) in [6.07, 6.45) is 3.43. The van der Waals surface area contributed by atoms with Crippen molar-refractivity contribution in [2.24, 2.45) is 10.9 Å². The standard InChI is InChI=1S/C15H20BrN3O3/c16-12-4-6-13(7-5-12)21-15(20)22-18-14(17)8-11-19-9-2-1-3-10-19/h4-7H,1-3,8-11H2,(H2,17,18). The summed E-state index contributed by atoms with van der Waals surface area (Å²) >= 11 is 3.30. The fraction of sp³-hybridized carbons (Fsp3) is 0.467. The number of nitrogens with two attached hydrogens (primary N) is 1. The van der Waals surface area contributed by atoms with Crippen molar-refractivity contribution in [2.75, 3.05) is 19.6 Å². The molecule has 0 amide bonds. The van der Waals surface area contributed by atoms with E-state index in [1.807, 2.05) is 0 Å². The van der Waals surface area contributed by atoms with Crippen LogP contribution in [0.2, 0.25) is 0 Å². The zero-order valence-electron chi connectivity index (χ0n) is 12.3. The van der Waals surface area contributed by atoms with Crippen LogP contribution >= 0.6 is 15.9 Å². The maximum atomic E-state index is 11.5. The number of amidine groups is 1. The van der Waals surface area contributed by atoms with Gasteiger partial charge in [-0.2, -0.15) is 0 Å². The number of rotatable bonds is 5. The number of likely N-dealkylation sites (tertiary alicyclic amines) is 1. The van der Waals surface area contributed by atoms with E-state index in [1.165, 1.54) is 19.3 Å². The summed E-state index contributed by atoms with van der Waals surface area (Å²) in [7, 11) is 0. The van der Waals surface area contributed by atoms with E-state index in [1.54, 1.807) is 24.3 Å². The van der Waals surface area contributed by atoms with Crippen LogP contribution < -0.4 is 10.5 Å². The smallest absolute Gasteiger partial charge is 0.393 e. The molecule has 0 atom stereocenters. The lowest BCUT2D eigenvalue weighted by Gasteiger charge is -2.25. The Labute approximate surface area is 138 Å². The van der Waals surface area contributed by atoms with Crippen LogP contribution in [0.5, 0.6) is 5.75 Å². The minimum absolute atomic E-state index is 0.290. The van der Waals surface area contributed by atoms with Gasteiger partial charge in [0.25, 0.3) is 0 Å². The summed E-state index contributed by atoms with van der Waals surface area (Å²) < 4.78 is 5.86. The molecular formula is C15H20BrN3O3. The predicted molar refractivity (Wildman–Crippen MR) is 87.8 cm³/mol. The summed E-state index contributed by atoms with van der Waals surface area (Å²) in [5.41, 5.74) is 5.74. The minimum Gasteiger partial charge on any atom is -0.393 e. The molecule has 0 unspecified atom stereocenters. The number of carbonyl (C=O) groups excluding carboxylic acids is 1. The molecule has 0 aliphatic carbocycles. The van der Waals surface area contributed by atoms with Crippen LogP contribution in [0.25, 0.3) is 0 Å². The van der Waals surface area contributed by atoms with E-state index in [-0.39, 0.29) is 0 Å². The van der Waals surface area contributed by atoms with Gasteiger partial charge in [-0.25, -0.2) is 4.79 Å². The maximum Gasteiger partial charge on any atom is 0.540 e. The largest absolute Gasteiger partial charge is 0.540 e. The van der Waals surface area contributed by atoms with Crippen LogP contribution in [0.4, 0.5) is 4.79 Å². The number of piperidine rings is 1. The Morgan fingerprint density at radius 3 is 2.59 bits per heavy atom. The molecule has 0 radical (unpaired) electrons. The first-order chi connectivity index (χ1) is 10.6. The van der Waals surface area contributed by atoms with E-state index in [0.29, 0.717) is 18.0 Å². The van der Waals surface area contributed by atoms with E-state index in [4.69, 9.17) is 10.5 Å². The summed E-state index contributed by atoms with van der Waals surface area (Å²) in [4.78, 5) is 18.5. The van der Waals surface area contributed by atoms with Crippen molar-refractivity contribution in [3.63, 3.8) is 0 Å². The lowest BCUT2D eigenvalue weighted by Crippen LogP contribution is -2.33. The summed E-state index contributed by atoms with van der Waals surface area (Å²) in [6.45, 7) is 3.03. The zero-order chi connectivity index (χ0) is 15.8. The number of nitrogens with zero attached hydrogens (tertiary/aromatic N) is 2. The molecule has 0 aromatic heterocycles. The minimum atomic E-state index is -0.900. The Morgan fingerprint density at radius 1 is 1.23 bits per heavy atom. The van der Waals surface area contributed by atoms with Crippen molar-refractivity contribution in [3.05, 3.63) is 28.7 Å². The number of hydrogen-bond donors (Lipinski definition) is 1. The molecule has 120 valence electrons. The first kappa shape index (κ1) is 16.8. The first-order valence-corrected chi connectivity index (χ1v) is 8.12. The molecule has 22 heavy (non-hydrogen) atoms. The van der Waals surface area contributed by atoms with E-state index < -0.39 is 6.16 Å².